The summed E-state index contributed by atoms with van der Waals surface area (Å²) in [6.07, 6.45) is 3.43. The van der Waals surface area contributed by atoms with E-state index in [0.29, 0.717) is 12.5 Å². The van der Waals surface area contributed by atoms with Gasteiger partial charge in [-0.3, -0.25) is 4.90 Å². The van der Waals surface area contributed by atoms with E-state index in [1.165, 1.54) is 26.9 Å². The van der Waals surface area contributed by atoms with Crippen LogP contribution in [-0.2, 0) is 9.53 Å². The Kier molecular flexibility index (Phi) is 6.75. The van der Waals surface area contributed by atoms with E-state index in [9.17, 15) is 9.90 Å². The molecule has 0 aromatic heterocycles. The minimum absolute atomic E-state index is 0.337. The standard InChI is InChI=1S/C14H28N2O3/c1-4-8-16(10-12-6-5-7-15-9-12)11-14(2,18)13(17)19-3/h12,15,18H,4-11H2,1-3H3. The van der Waals surface area contributed by atoms with Gasteiger partial charge in [0.1, 0.15) is 0 Å². The van der Waals surface area contributed by atoms with E-state index in [1.807, 2.05) is 0 Å². The number of methoxy groups -OCH3 is 1. The van der Waals surface area contributed by atoms with Crippen LogP contribution >= 0.6 is 0 Å². The Labute approximate surface area is 116 Å². The zero-order valence-corrected chi connectivity index (χ0v) is 12.4. The van der Waals surface area contributed by atoms with Gasteiger partial charge in [-0.15, -0.1) is 0 Å². The highest BCUT2D eigenvalue weighted by Crippen LogP contribution is 2.15. The maximum Gasteiger partial charge on any atom is 0.338 e. The Bertz CT molecular complexity index is 276. The van der Waals surface area contributed by atoms with E-state index in [2.05, 4.69) is 21.9 Å². The van der Waals surface area contributed by atoms with Crippen LogP contribution in [0.3, 0.4) is 0 Å². The Morgan fingerprint density at radius 1 is 1.58 bits per heavy atom. The molecule has 5 heteroatoms. The van der Waals surface area contributed by atoms with Gasteiger partial charge in [0.2, 0.25) is 0 Å². The van der Waals surface area contributed by atoms with Crippen LogP contribution in [0.25, 0.3) is 0 Å². The highest BCUT2D eigenvalue weighted by Gasteiger charge is 2.34. The summed E-state index contributed by atoms with van der Waals surface area (Å²) < 4.78 is 4.66. The molecule has 1 aliphatic heterocycles. The molecular formula is C14H28N2O3. The molecule has 1 aliphatic rings. The Hall–Kier alpha value is -0.650. The molecule has 19 heavy (non-hydrogen) atoms. The maximum atomic E-state index is 11.6. The third-order valence-corrected chi connectivity index (χ3v) is 3.61. The van der Waals surface area contributed by atoms with Gasteiger partial charge in [0.25, 0.3) is 0 Å². The molecule has 0 bridgehead atoms. The fourth-order valence-corrected chi connectivity index (χ4v) is 2.72. The van der Waals surface area contributed by atoms with Crippen molar-refractivity contribution in [2.24, 2.45) is 5.92 Å². The van der Waals surface area contributed by atoms with Crippen LogP contribution in [0.4, 0.5) is 0 Å². The Morgan fingerprint density at radius 3 is 2.84 bits per heavy atom. The molecule has 1 fully saturated rings. The second-order valence-electron chi connectivity index (χ2n) is 5.71. The van der Waals surface area contributed by atoms with E-state index >= 15 is 0 Å². The van der Waals surface area contributed by atoms with Crippen LogP contribution < -0.4 is 5.32 Å². The van der Waals surface area contributed by atoms with Crippen LogP contribution in [-0.4, -0.2) is 61.4 Å². The normalized spacial score (nSPS) is 23.1. The summed E-state index contributed by atoms with van der Waals surface area (Å²) in [6.45, 7) is 7.92. The number of nitrogens with zero attached hydrogens (tertiary/aromatic N) is 1. The first-order valence-electron chi connectivity index (χ1n) is 7.23. The highest BCUT2D eigenvalue weighted by molar-refractivity contribution is 5.78. The van der Waals surface area contributed by atoms with Crippen molar-refractivity contribution in [3.05, 3.63) is 0 Å². The molecule has 1 saturated heterocycles. The number of aliphatic hydroxyl groups is 1. The van der Waals surface area contributed by atoms with Gasteiger partial charge < -0.3 is 15.2 Å². The second kappa shape index (κ2) is 7.82. The minimum Gasteiger partial charge on any atom is -0.467 e. The van der Waals surface area contributed by atoms with Crippen molar-refractivity contribution in [2.45, 2.75) is 38.7 Å². The molecule has 5 nitrogen and oxygen atoms in total. The van der Waals surface area contributed by atoms with E-state index in [1.54, 1.807) is 0 Å². The van der Waals surface area contributed by atoms with E-state index in [0.717, 1.165) is 32.6 Å². The first kappa shape index (κ1) is 16.4. The molecule has 2 N–H and O–H groups in total. The average molecular weight is 272 g/mol. The van der Waals surface area contributed by atoms with Gasteiger partial charge in [0.15, 0.2) is 5.60 Å². The fraction of sp³-hybridized carbons (Fsp3) is 0.929. The number of rotatable bonds is 7. The van der Waals surface area contributed by atoms with Crippen molar-refractivity contribution in [1.82, 2.24) is 10.2 Å². The van der Waals surface area contributed by atoms with E-state index in [-0.39, 0.29) is 0 Å². The number of hydrogen-bond donors (Lipinski definition) is 2. The third-order valence-electron chi connectivity index (χ3n) is 3.61. The lowest BCUT2D eigenvalue weighted by Gasteiger charge is -2.33. The number of nitrogens with one attached hydrogen (secondary N) is 1. The maximum absolute atomic E-state index is 11.6. The summed E-state index contributed by atoms with van der Waals surface area (Å²) in [4.78, 5) is 13.7. The summed E-state index contributed by atoms with van der Waals surface area (Å²) in [7, 11) is 1.31. The van der Waals surface area contributed by atoms with Crippen molar-refractivity contribution in [3.8, 4) is 0 Å². The van der Waals surface area contributed by atoms with Crippen molar-refractivity contribution in [1.29, 1.82) is 0 Å². The number of esters is 1. The SMILES string of the molecule is CCCN(CC1CCCNC1)CC(C)(O)C(=O)OC. The quantitative estimate of drug-likeness (QED) is 0.665. The molecule has 2 unspecified atom stereocenters. The number of carbonyl (C=O) groups is 1. The van der Waals surface area contributed by atoms with Gasteiger partial charge >= 0.3 is 5.97 Å². The van der Waals surface area contributed by atoms with Crippen LogP contribution in [0, 0.1) is 5.92 Å². The molecule has 112 valence electrons. The Morgan fingerprint density at radius 2 is 2.32 bits per heavy atom. The molecule has 1 rings (SSSR count). The van der Waals surface area contributed by atoms with Crippen LogP contribution in [0.2, 0.25) is 0 Å². The number of ether oxygens (including phenoxy) is 1. The largest absolute Gasteiger partial charge is 0.467 e. The smallest absolute Gasteiger partial charge is 0.338 e. The third kappa shape index (κ3) is 5.47. The number of piperidine rings is 1. The molecule has 0 saturated carbocycles. The van der Waals surface area contributed by atoms with Crippen molar-refractivity contribution in [3.63, 3.8) is 0 Å². The lowest BCUT2D eigenvalue weighted by atomic mass is 9.98. The Balaban J connectivity index is 2.53. The van der Waals surface area contributed by atoms with Gasteiger partial charge in [0, 0.05) is 13.1 Å². The first-order chi connectivity index (χ1) is 8.99. The predicted molar refractivity (Wildman–Crippen MR) is 75.0 cm³/mol. The van der Waals surface area contributed by atoms with Gasteiger partial charge in [-0.1, -0.05) is 6.92 Å². The molecule has 0 spiro atoms. The summed E-state index contributed by atoms with van der Waals surface area (Å²) in [5.74, 6) is 0.0455. The molecular weight excluding hydrogens is 244 g/mol. The van der Waals surface area contributed by atoms with Crippen molar-refractivity contribution < 1.29 is 14.6 Å². The molecule has 0 radical (unpaired) electrons. The lowest BCUT2D eigenvalue weighted by Crippen LogP contribution is -2.49. The lowest BCUT2D eigenvalue weighted by molar-refractivity contribution is -0.162. The van der Waals surface area contributed by atoms with Crippen molar-refractivity contribution >= 4 is 5.97 Å². The topological polar surface area (TPSA) is 61.8 Å². The zero-order chi connectivity index (χ0) is 14.3. The molecule has 0 amide bonds. The summed E-state index contributed by atoms with van der Waals surface area (Å²) in [6, 6.07) is 0. The number of hydrogen-bond acceptors (Lipinski definition) is 5. The summed E-state index contributed by atoms with van der Waals surface area (Å²) in [5, 5.41) is 13.6. The van der Waals surface area contributed by atoms with E-state index in [4.69, 9.17) is 0 Å². The van der Waals surface area contributed by atoms with Crippen LogP contribution in [0.5, 0.6) is 0 Å². The fourth-order valence-electron chi connectivity index (χ4n) is 2.72. The second-order valence-corrected chi connectivity index (χ2v) is 5.71. The van der Waals surface area contributed by atoms with Gasteiger partial charge in [0.05, 0.1) is 7.11 Å². The summed E-state index contributed by atoms with van der Waals surface area (Å²) >= 11 is 0. The molecule has 0 aliphatic carbocycles. The molecule has 0 aromatic carbocycles. The number of carbonyl (C=O) groups excluding carboxylic acids is 1. The molecule has 0 aromatic rings. The first-order valence-corrected chi connectivity index (χ1v) is 7.23. The molecule has 2 atom stereocenters. The highest BCUT2D eigenvalue weighted by atomic mass is 16.5. The average Bonchev–Trinajstić information content (AvgIpc) is 2.38. The minimum atomic E-state index is -1.42. The molecule has 1 heterocycles. The van der Waals surface area contributed by atoms with E-state index < -0.39 is 11.6 Å². The van der Waals surface area contributed by atoms with Crippen molar-refractivity contribution in [2.75, 3.05) is 39.8 Å². The van der Waals surface area contributed by atoms with Crippen LogP contribution in [0.15, 0.2) is 0 Å². The monoisotopic (exact) mass is 272 g/mol. The van der Waals surface area contributed by atoms with Gasteiger partial charge in [-0.2, -0.15) is 0 Å². The van der Waals surface area contributed by atoms with Crippen LogP contribution in [0.1, 0.15) is 33.1 Å². The van der Waals surface area contributed by atoms with Gasteiger partial charge in [-0.05, 0) is 51.7 Å². The zero-order valence-electron chi connectivity index (χ0n) is 12.4. The summed E-state index contributed by atoms with van der Waals surface area (Å²) in [5.41, 5.74) is -1.42. The predicted octanol–water partition coefficient (Wildman–Crippen LogP) is 0.622. The van der Waals surface area contributed by atoms with Gasteiger partial charge in [-0.25, -0.2) is 4.79 Å².